The van der Waals surface area contributed by atoms with Crippen molar-refractivity contribution in [3.05, 3.63) is 53.6 Å². The van der Waals surface area contributed by atoms with E-state index in [1.165, 1.54) is 0 Å². The first-order valence-electron chi connectivity index (χ1n) is 9.57. The van der Waals surface area contributed by atoms with Crippen LogP contribution in [0.15, 0.2) is 48.5 Å². The van der Waals surface area contributed by atoms with Gasteiger partial charge in [0, 0.05) is 37.3 Å². The maximum Gasteiger partial charge on any atom is 0.227 e. The third kappa shape index (κ3) is 5.04. The summed E-state index contributed by atoms with van der Waals surface area (Å²) in [5, 5.41) is 6.43. The van der Waals surface area contributed by atoms with Crippen molar-refractivity contribution in [1.29, 1.82) is 0 Å². The number of nitrogens with zero attached hydrogens (tertiary/aromatic N) is 1. The molecule has 0 atom stereocenters. The molecule has 0 radical (unpaired) electrons. The minimum atomic E-state index is -0.0836. The number of anilines is 3. The highest BCUT2D eigenvalue weighted by Gasteiger charge is 2.30. The number of nitrogens with one attached hydrogen (secondary N) is 2. The van der Waals surface area contributed by atoms with E-state index in [4.69, 9.17) is 11.6 Å². The fraction of sp³-hybridized carbons (Fsp3) is 0.364. The highest BCUT2D eigenvalue weighted by atomic mass is 35.5. The molecular weight excluding hydrogens is 374 g/mol. The van der Waals surface area contributed by atoms with E-state index >= 15 is 0 Å². The lowest BCUT2D eigenvalue weighted by Crippen LogP contribution is -2.32. The van der Waals surface area contributed by atoms with Crippen molar-refractivity contribution in [2.75, 3.05) is 29.6 Å². The van der Waals surface area contributed by atoms with Gasteiger partial charge >= 0.3 is 0 Å². The second-order valence-corrected chi connectivity index (χ2v) is 7.86. The van der Waals surface area contributed by atoms with Crippen molar-refractivity contribution in [2.24, 2.45) is 11.8 Å². The van der Waals surface area contributed by atoms with Crippen molar-refractivity contribution in [3.8, 4) is 0 Å². The molecule has 148 valence electrons. The van der Waals surface area contributed by atoms with Crippen LogP contribution in [-0.4, -0.2) is 25.9 Å². The second kappa shape index (κ2) is 9.11. The van der Waals surface area contributed by atoms with E-state index in [0.717, 1.165) is 11.4 Å². The van der Waals surface area contributed by atoms with Gasteiger partial charge in [0.05, 0.1) is 10.7 Å². The molecule has 1 aliphatic rings. The Bertz CT molecular complexity index is 828. The van der Waals surface area contributed by atoms with Gasteiger partial charge in [0.1, 0.15) is 0 Å². The molecule has 2 amide bonds. The number of hydrogen-bond acceptors (Lipinski definition) is 3. The molecule has 1 aliphatic carbocycles. The minimum Gasteiger partial charge on any atom is -0.378 e. The molecular formula is C22H26ClN3O2. The number of amides is 2. The number of rotatable bonds is 5. The van der Waals surface area contributed by atoms with Crippen molar-refractivity contribution < 1.29 is 9.59 Å². The summed E-state index contributed by atoms with van der Waals surface area (Å²) in [7, 11) is 3.96. The maximum atomic E-state index is 12.6. The van der Waals surface area contributed by atoms with Gasteiger partial charge in [-0.25, -0.2) is 0 Å². The van der Waals surface area contributed by atoms with Gasteiger partial charge in [-0.2, -0.15) is 0 Å². The average molecular weight is 400 g/mol. The zero-order valence-electron chi connectivity index (χ0n) is 16.2. The van der Waals surface area contributed by atoms with Gasteiger partial charge < -0.3 is 15.5 Å². The van der Waals surface area contributed by atoms with Crippen LogP contribution < -0.4 is 15.5 Å². The summed E-state index contributed by atoms with van der Waals surface area (Å²) in [6.07, 6.45) is 2.83. The lowest BCUT2D eigenvalue weighted by molar-refractivity contribution is -0.125. The fourth-order valence-electron chi connectivity index (χ4n) is 3.50. The Morgan fingerprint density at radius 3 is 1.93 bits per heavy atom. The summed E-state index contributed by atoms with van der Waals surface area (Å²) in [6, 6.07) is 15.0. The fourth-order valence-corrected chi connectivity index (χ4v) is 3.69. The molecule has 28 heavy (non-hydrogen) atoms. The zero-order valence-corrected chi connectivity index (χ0v) is 17.0. The monoisotopic (exact) mass is 399 g/mol. The van der Waals surface area contributed by atoms with Crippen LogP contribution in [0.1, 0.15) is 25.7 Å². The molecule has 1 saturated carbocycles. The average Bonchev–Trinajstić information content (AvgIpc) is 2.70. The lowest BCUT2D eigenvalue weighted by atomic mass is 9.81. The molecule has 2 aromatic carbocycles. The topological polar surface area (TPSA) is 61.4 Å². The standard InChI is InChI=1S/C22H26ClN3O2/c1-26(2)18-13-11-17(12-14-18)24-21(27)15-7-9-16(10-8-15)22(28)25-20-6-4-3-5-19(20)23/h3-6,11-16H,7-10H2,1-2H3,(H,24,27)(H,25,28). The minimum absolute atomic E-state index is 0.0220. The van der Waals surface area contributed by atoms with Gasteiger partial charge in [0.25, 0.3) is 0 Å². The summed E-state index contributed by atoms with van der Waals surface area (Å²) in [5.41, 5.74) is 2.52. The van der Waals surface area contributed by atoms with Crippen LogP contribution in [-0.2, 0) is 9.59 Å². The quantitative estimate of drug-likeness (QED) is 0.759. The van der Waals surface area contributed by atoms with Gasteiger partial charge in [-0.15, -0.1) is 0 Å². The van der Waals surface area contributed by atoms with E-state index < -0.39 is 0 Å². The summed E-state index contributed by atoms with van der Waals surface area (Å²) < 4.78 is 0. The van der Waals surface area contributed by atoms with E-state index in [1.807, 2.05) is 55.4 Å². The van der Waals surface area contributed by atoms with Gasteiger partial charge in [-0.1, -0.05) is 23.7 Å². The predicted molar refractivity (Wildman–Crippen MR) is 115 cm³/mol. The Labute approximate surface area is 171 Å². The molecule has 0 aliphatic heterocycles. The normalized spacial score (nSPS) is 19.0. The first-order chi connectivity index (χ1) is 13.4. The maximum absolute atomic E-state index is 12.6. The van der Waals surface area contributed by atoms with Crippen molar-refractivity contribution in [1.82, 2.24) is 0 Å². The SMILES string of the molecule is CN(C)c1ccc(NC(=O)C2CCC(C(=O)Nc3ccccc3Cl)CC2)cc1. The van der Waals surface area contributed by atoms with E-state index in [2.05, 4.69) is 10.6 Å². The Morgan fingerprint density at radius 1 is 0.857 bits per heavy atom. The summed E-state index contributed by atoms with van der Waals surface area (Å²) in [5.74, 6) is -0.133. The Morgan fingerprint density at radius 2 is 1.39 bits per heavy atom. The molecule has 1 fully saturated rings. The molecule has 0 saturated heterocycles. The van der Waals surface area contributed by atoms with Crippen LogP contribution in [0.2, 0.25) is 5.02 Å². The van der Waals surface area contributed by atoms with E-state index in [0.29, 0.717) is 36.4 Å². The smallest absolute Gasteiger partial charge is 0.227 e. The Kier molecular flexibility index (Phi) is 6.57. The number of hydrogen-bond donors (Lipinski definition) is 2. The van der Waals surface area contributed by atoms with Crippen LogP contribution >= 0.6 is 11.6 Å². The van der Waals surface area contributed by atoms with Crippen molar-refractivity contribution in [3.63, 3.8) is 0 Å². The number of carbonyl (C=O) groups is 2. The zero-order chi connectivity index (χ0) is 20.1. The summed E-state index contributed by atoms with van der Waals surface area (Å²) in [4.78, 5) is 27.1. The van der Waals surface area contributed by atoms with Crippen LogP contribution in [0, 0.1) is 11.8 Å². The Hall–Kier alpha value is -2.53. The molecule has 0 unspecified atom stereocenters. The van der Waals surface area contributed by atoms with Crippen LogP contribution in [0.25, 0.3) is 0 Å². The lowest BCUT2D eigenvalue weighted by Gasteiger charge is -2.27. The number of benzene rings is 2. The van der Waals surface area contributed by atoms with Crippen molar-refractivity contribution in [2.45, 2.75) is 25.7 Å². The molecule has 2 aromatic rings. The molecule has 5 nitrogen and oxygen atoms in total. The van der Waals surface area contributed by atoms with E-state index in [-0.39, 0.29) is 23.7 Å². The predicted octanol–water partition coefficient (Wildman–Crippen LogP) is 4.79. The first kappa shape index (κ1) is 20.2. The summed E-state index contributed by atoms with van der Waals surface area (Å²) in [6.45, 7) is 0. The molecule has 2 N–H and O–H groups in total. The largest absolute Gasteiger partial charge is 0.378 e. The molecule has 0 heterocycles. The van der Waals surface area contributed by atoms with Gasteiger partial charge in [0.15, 0.2) is 0 Å². The van der Waals surface area contributed by atoms with E-state index in [9.17, 15) is 9.59 Å². The van der Waals surface area contributed by atoms with Crippen molar-refractivity contribution >= 4 is 40.5 Å². The third-order valence-electron chi connectivity index (χ3n) is 5.25. The molecule has 0 aromatic heterocycles. The van der Waals surface area contributed by atoms with E-state index in [1.54, 1.807) is 12.1 Å². The highest BCUT2D eigenvalue weighted by molar-refractivity contribution is 6.33. The van der Waals surface area contributed by atoms with Crippen LogP contribution in [0.3, 0.4) is 0 Å². The second-order valence-electron chi connectivity index (χ2n) is 7.45. The molecule has 0 spiro atoms. The highest BCUT2D eigenvalue weighted by Crippen LogP contribution is 2.31. The third-order valence-corrected chi connectivity index (χ3v) is 5.58. The molecule has 6 heteroatoms. The van der Waals surface area contributed by atoms with Gasteiger partial charge in [0.2, 0.25) is 11.8 Å². The van der Waals surface area contributed by atoms with Crippen LogP contribution in [0.5, 0.6) is 0 Å². The van der Waals surface area contributed by atoms with Crippen LogP contribution in [0.4, 0.5) is 17.1 Å². The van der Waals surface area contributed by atoms with Gasteiger partial charge in [-0.05, 0) is 62.1 Å². The number of para-hydroxylation sites is 1. The number of carbonyl (C=O) groups excluding carboxylic acids is 2. The van der Waals surface area contributed by atoms with Gasteiger partial charge in [-0.3, -0.25) is 9.59 Å². The summed E-state index contributed by atoms with van der Waals surface area (Å²) >= 11 is 6.11. The Balaban J connectivity index is 1.49. The molecule has 3 rings (SSSR count). The molecule has 0 bridgehead atoms. The number of halogens is 1. The first-order valence-corrected chi connectivity index (χ1v) is 9.95.